The number of carbonyl (C=O) groups is 2. The van der Waals surface area contributed by atoms with E-state index in [2.05, 4.69) is 10.5 Å². The number of benzene rings is 2. The minimum absolute atomic E-state index is 0.0303. The summed E-state index contributed by atoms with van der Waals surface area (Å²) in [6, 6.07) is 11.9. The van der Waals surface area contributed by atoms with Crippen molar-refractivity contribution in [2.75, 3.05) is 5.32 Å². The summed E-state index contributed by atoms with van der Waals surface area (Å²) in [7, 11) is 0. The minimum Gasteiger partial charge on any atom is -0.478 e. The van der Waals surface area contributed by atoms with Crippen molar-refractivity contribution in [1.29, 1.82) is 0 Å². The number of carbonyl (C=O) groups excluding carboxylic acids is 1. The fourth-order valence-corrected chi connectivity index (χ4v) is 2.61. The summed E-state index contributed by atoms with van der Waals surface area (Å²) in [5.41, 5.74) is 2.17. The lowest BCUT2D eigenvalue weighted by Gasteiger charge is -2.05. The molecule has 0 aliphatic heterocycles. The van der Waals surface area contributed by atoms with Crippen LogP contribution < -0.4 is 5.32 Å². The lowest BCUT2D eigenvalue weighted by molar-refractivity contribution is -0.117. The average Bonchev–Trinajstić information content (AvgIpc) is 3.34. The Kier molecular flexibility index (Phi) is 3.30. The van der Waals surface area contributed by atoms with E-state index < -0.39 is 5.97 Å². The Morgan fingerprint density at radius 2 is 2.00 bits per heavy atom. The van der Waals surface area contributed by atoms with E-state index in [9.17, 15) is 9.59 Å². The number of hydrogen-bond acceptors (Lipinski definition) is 4. The first-order chi connectivity index (χ1) is 11.6. The molecule has 0 unspecified atom stereocenters. The number of amides is 1. The van der Waals surface area contributed by atoms with Crippen LogP contribution in [0.1, 0.15) is 23.2 Å². The van der Waals surface area contributed by atoms with Crippen molar-refractivity contribution in [2.45, 2.75) is 12.8 Å². The highest BCUT2D eigenvalue weighted by Crippen LogP contribution is 2.33. The summed E-state index contributed by atoms with van der Waals surface area (Å²) in [5, 5.41) is 16.6. The van der Waals surface area contributed by atoms with Gasteiger partial charge >= 0.3 is 5.97 Å². The van der Waals surface area contributed by atoms with Gasteiger partial charge in [0.2, 0.25) is 5.91 Å². The number of nitrogens with zero attached hydrogens (tertiary/aromatic N) is 1. The first-order valence-corrected chi connectivity index (χ1v) is 7.66. The number of hydrogen-bond donors (Lipinski definition) is 2. The molecule has 2 N–H and O–H groups in total. The quantitative estimate of drug-likeness (QED) is 0.766. The third-order valence-corrected chi connectivity index (χ3v) is 4.06. The van der Waals surface area contributed by atoms with Crippen LogP contribution in [0.25, 0.3) is 22.2 Å². The van der Waals surface area contributed by atoms with Gasteiger partial charge in [-0.05, 0) is 43.2 Å². The van der Waals surface area contributed by atoms with E-state index in [0.29, 0.717) is 22.4 Å². The van der Waals surface area contributed by atoms with Crippen molar-refractivity contribution >= 4 is 28.5 Å². The van der Waals surface area contributed by atoms with Gasteiger partial charge in [-0.15, -0.1) is 0 Å². The molecule has 6 nitrogen and oxygen atoms in total. The SMILES string of the molecule is O=C(O)c1ccc2noc(-c3cccc(NC(=O)C4CC4)c3)c2c1. The number of aromatic carboxylic acids is 1. The van der Waals surface area contributed by atoms with Crippen LogP contribution in [0.3, 0.4) is 0 Å². The number of carboxylic acids is 1. The molecule has 120 valence electrons. The Morgan fingerprint density at radius 1 is 1.17 bits per heavy atom. The van der Waals surface area contributed by atoms with Crippen LogP contribution in [-0.2, 0) is 4.79 Å². The van der Waals surface area contributed by atoms with Crippen molar-refractivity contribution in [2.24, 2.45) is 5.92 Å². The zero-order valence-electron chi connectivity index (χ0n) is 12.7. The molecule has 0 bridgehead atoms. The fourth-order valence-electron chi connectivity index (χ4n) is 2.61. The van der Waals surface area contributed by atoms with Crippen LogP contribution in [0.5, 0.6) is 0 Å². The van der Waals surface area contributed by atoms with Gasteiger partial charge in [0, 0.05) is 17.2 Å². The summed E-state index contributed by atoms with van der Waals surface area (Å²) in [6.07, 6.45) is 1.88. The molecule has 1 fully saturated rings. The van der Waals surface area contributed by atoms with Crippen LogP contribution in [0.2, 0.25) is 0 Å². The maximum Gasteiger partial charge on any atom is 0.335 e. The van der Waals surface area contributed by atoms with Gasteiger partial charge in [-0.2, -0.15) is 0 Å². The molecule has 1 heterocycles. The number of anilines is 1. The molecule has 0 atom stereocenters. The molecular formula is C18H14N2O4. The second kappa shape index (κ2) is 5.49. The second-order valence-corrected chi connectivity index (χ2v) is 5.89. The molecule has 0 saturated heterocycles. The molecule has 1 aromatic heterocycles. The molecule has 3 aromatic rings. The highest BCUT2D eigenvalue weighted by molar-refractivity contribution is 5.99. The normalized spacial score (nSPS) is 13.8. The number of carboxylic acid groups (broad SMARTS) is 1. The summed E-state index contributed by atoms with van der Waals surface area (Å²) in [6.45, 7) is 0. The van der Waals surface area contributed by atoms with Crippen molar-refractivity contribution < 1.29 is 19.2 Å². The molecule has 1 aliphatic rings. The van der Waals surface area contributed by atoms with Crippen LogP contribution in [0.15, 0.2) is 47.0 Å². The molecule has 24 heavy (non-hydrogen) atoms. The van der Waals surface area contributed by atoms with Gasteiger partial charge in [0.15, 0.2) is 5.76 Å². The molecule has 1 saturated carbocycles. The second-order valence-electron chi connectivity index (χ2n) is 5.89. The lowest BCUT2D eigenvalue weighted by Crippen LogP contribution is -2.13. The van der Waals surface area contributed by atoms with Crippen molar-refractivity contribution in [3.8, 4) is 11.3 Å². The monoisotopic (exact) mass is 322 g/mol. The molecule has 6 heteroatoms. The third kappa shape index (κ3) is 2.62. The van der Waals surface area contributed by atoms with Crippen LogP contribution in [0.4, 0.5) is 5.69 Å². The van der Waals surface area contributed by atoms with Gasteiger partial charge in [0.05, 0.1) is 10.9 Å². The van der Waals surface area contributed by atoms with Gasteiger partial charge in [0.25, 0.3) is 0 Å². The Balaban J connectivity index is 1.72. The number of nitrogens with one attached hydrogen (secondary N) is 1. The zero-order chi connectivity index (χ0) is 16.7. The number of rotatable bonds is 4. The van der Waals surface area contributed by atoms with Crippen LogP contribution in [-0.4, -0.2) is 22.1 Å². The zero-order valence-corrected chi connectivity index (χ0v) is 12.7. The van der Waals surface area contributed by atoms with Crippen LogP contribution in [0, 0.1) is 5.92 Å². The van der Waals surface area contributed by atoms with E-state index in [1.165, 1.54) is 6.07 Å². The van der Waals surface area contributed by atoms with Crippen molar-refractivity contribution in [3.63, 3.8) is 0 Å². The highest BCUT2D eigenvalue weighted by atomic mass is 16.5. The van der Waals surface area contributed by atoms with Crippen molar-refractivity contribution in [1.82, 2.24) is 5.16 Å². The molecule has 4 rings (SSSR count). The van der Waals surface area contributed by atoms with E-state index in [1.807, 2.05) is 18.2 Å². The van der Waals surface area contributed by atoms with Crippen molar-refractivity contribution in [3.05, 3.63) is 48.0 Å². The van der Waals surface area contributed by atoms with E-state index in [0.717, 1.165) is 18.4 Å². The Bertz CT molecular complexity index is 957. The molecule has 2 aromatic carbocycles. The maximum atomic E-state index is 11.9. The first-order valence-electron chi connectivity index (χ1n) is 7.66. The van der Waals surface area contributed by atoms with Gasteiger partial charge in [-0.25, -0.2) is 4.79 Å². The lowest BCUT2D eigenvalue weighted by atomic mass is 10.1. The maximum absolute atomic E-state index is 11.9. The van der Waals surface area contributed by atoms with Gasteiger partial charge in [0.1, 0.15) is 5.52 Å². The Morgan fingerprint density at radius 3 is 2.75 bits per heavy atom. The van der Waals surface area contributed by atoms with Gasteiger partial charge < -0.3 is 14.9 Å². The summed E-state index contributed by atoms with van der Waals surface area (Å²) >= 11 is 0. The highest BCUT2D eigenvalue weighted by Gasteiger charge is 2.29. The topological polar surface area (TPSA) is 92.4 Å². The van der Waals surface area contributed by atoms with E-state index in [4.69, 9.17) is 9.63 Å². The van der Waals surface area contributed by atoms with Gasteiger partial charge in [-0.3, -0.25) is 4.79 Å². The first kappa shape index (κ1) is 14.4. The standard InChI is InChI=1S/C18H14N2O4/c21-17(10-4-5-10)19-13-3-1-2-11(8-13)16-14-9-12(18(22)23)6-7-15(14)20-24-16/h1-3,6-10H,4-5H2,(H,19,21)(H,22,23). The number of aromatic nitrogens is 1. The fraction of sp³-hybridized carbons (Fsp3) is 0.167. The molecule has 1 aliphatic carbocycles. The molecule has 0 spiro atoms. The molecule has 1 amide bonds. The van der Waals surface area contributed by atoms with Gasteiger partial charge in [-0.1, -0.05) is 17.3 Å². The van der Waals surface area contributed by atoms with E-state index in [-0.39, 0.29) is 17.4 Å². The van der Waals surface area contributed by atoms with E-state index in [1.54, 1.807) is 18.2 Å². The largest absolute Gasteiger partial charge is 0.478 e. The predicted molar refractivity (Wildman–Crippen MR) is 87.8 cm³/mol. The Hall–Kier alpha value is -3.15. The Labute approximate surface area is 137 Å². The van der Waals surface area contributed by atoms with E-state index >= 15 is 0 Å². The minimum atomic E-state index is -1.01. The third-order valence-electron chi connectivity index (χ3n) is 4.06. The molecular weight excluding hydrogens is 308 g/mol. The number of fused-ring (bicyclic) bond motifs is 1. The summed E-state index contributed by atoms with van der Waals surface area (Å²) in [5.74, 6) is -0.370. The smallest absolute Gasteiger partial charge is 0.335 e. The summed E-state index contributed by atoms with van der Waals surface area (Å²) < 4.78 is 5.40. The average molecular weight is 322 g/mol. The predicted octanol–water partition coefficient (Wildman–Crippen LogP) is 3.54. The van der Waals surface area contributed by atoms with Crippen LogP contribution >= 0.6 is 0 Å². The summed E-state index contributed by atoms with van der Waals surface area (Å²) in [4.78, 5) is 23.1. The molecule has 0 radical (unpaired) electrons.